The molecule has 2 amide bonds. The minimum absolute atomic E-state index is 0.0118. The minimum Gasteiger partial charge on any atom is -0.497 e. The van der Waals surface area contributed by atoms with Crippen molar-refractivity contribution in [1.82, 2.24) is 0 Å². The Balaban J connectivity index is 1.71. The maximum Gasteiger partial charge on any atom is 0.229 e. The molecule has 1 N–H and O–H groups in total. The maximum absolute atomic E-state index is 13.3. The molecule has 0 aliphatic carbocycles. The van der Waals surface area contributed by atoms with Gasteiger partial charge in [-0.05, 0) is 48.4 Å². The van der Waals surface area contributed by atoms with E-state index >= 15 is 0 Å². The van der Waals surface area contributed by atoms with Crippen LogP contribution in [0.15, 0.2) is 84.9 Å². The standard InChI is InChI=1S/C25H24N2O3/c1-30-21-14-12-20(13-15-21)27-23(28)17-16-22(24(27)18-8-4-2-5-9-18)25(29)26-19-10-6-3-7-11-19/h2-15,22,24H,16-17H2,1H3,(H,26,29)/t22-,24-/m0/s1. The fraction of sp³-hybridized carbons (Fsp3) is 0.200. The lowest BCUT2D eigenvalue weighted by molar-refractivity contribution is -0.125. The SMILES string of the molecule is COc1ccc(N2C(=O)CC[C@H](C(=O)Nc3ccccc3)[C@@H]2c2ccccc2)cc1. The van der Waals surface area contributed by atoms with Crippen LogP contribution in [0.4, 0.5) is 11.4 Å². The number of carbonyl (C=O) groups excluding carboxylic acids is 2. The molecule has 0 bridgehead atoms. The number of hydrogen-bond donors (Lipinski definition) is 1. The normalized spacial score (nSPS) is 18.7. The molecule has 4 rings (SSSR count). The van der Waals surface area contributed by atoms with E-state index in [-0.39, 0.29) is 23.8 Å². The lowest BCUT2D eigenvalue weighted by atomic mass is 9.83. The van der Waals surface area contributed by atoms with Gasteiger partial charge < -0.3 is 15.0 Å². The third kappa shape index (κ3) is 4.06. The molecule has 1 saturated heterocycles. The second-order valence-electron chi connectivity index (χ2n) is 7.32. The molecule has 152 valence electrons. The summed E-state index contributed by atoms with van der Waals surface area (Å²) in [5.41, 5.74) is 2.45. The van der Waals surface area contributed by atoms with E-state index in [0.29, 0.717) is 12.8 Å². The van der Waals surface area contributed by atoms with Crippen molar-refractivity contribution in [3.05, 3.63) is 90.5 Å². The molecular weight excluding hydrogens is 376 g/mol. The molecule has 0 saturated carbocycles. The van der Waals surface area contributed by atoms with E-state index in [4.69, 9.17) is 4.74 Å². The summed E-state index contributed by atoms with van der Waals surface area (Å²) in [6, 6.07) is 26.2. The molecule has 0 aromatic heterocycles. The number of amides is 2. The molecule has 1 heterocycles. The monoisotopic (exact) mass is 400 g/mol. The average molecular weight is 400 g/mol. The maximum atomic E-state index is 13.3. The molecule has 3 aromatic carbocycles. The van der Waals surface area contributed by atoms with E-state index in [1.54, 1.807) is 12.0 Å². The van der Waals surface area contributed by atoms with Crippen LogP contribution in [-0.4, -0.2) is 18.9 Å². The van der Waals surface area contributed by atoms with Crippen molar-refractivity contribution in [1.29, 1.82) is 0 Å². The molecule has 0 spiro atoms. The van der Waals surface area contributed by atoms with Crippen molar-refractivity contribution in [2.45, 2.75) is 18.9 Å². The van der Waals surface area contributed by atoms with Crippen LogP contribution in [0.1, 0.15) is 24.4 Å². The number of methoxy groups -OCH3 is 1. The van der Waals surface area contributed by atoms with Crippen molar-refractivity contribution in [3.8, 4) is 5.75 Å². The van der Waals surface area contributed by atoms with Gasteiger partial charge in [0.1, 0.15) is 5.75 Å². The Kier molecular flexibility index (Phi) is 5.80. The first-order valence-electron chi connectivity index (χ1n) is 10.0. The summed E-state index contributed by atoms with van der Waals surface area (Å²) in [7, 11) is 1.61. The highest BCUT2D eigenvalue weighted by atomic mass is 16.5. The second-order valence-corrected chi connectivity index (χ2v) is 7.32. The molecule has 1 fully saturated rings. The molecule has 1 aliphatic heterocycles. The molecule has 0 unspecified atom stereocenters. The molecule has 5 heteroatoms. The topological polar surface area (TPSA) is 58.6 Å². The van der Waals surface area contributed by atoms with E-state index in [1.165, 1.54) is 0 Å². The summed E-state index contributed by atoms with van der Waals surface area (Å²) in [6.07, 6.45) is 0.825. The lowest BCUT2D eigenvalue weighted by Gasteiger charge is -2.41. The van der Waals surface area contributed by atoms with Gasteiger partial charge >= 0.3 is 0 Å². The highest BCUT2D eigenvalue weighted by Crippen LogP contribution is 2.40. The second kappa shape index (κ2) is 8.82. The van der Waals surface area contributed by atoms with Gasteiger partial charge in [0.2, 0.25) is 11.8 Å². The number of rotatable bonds is 5. The largest absolute Gasteiger partial charge is 0.497 e. The third-order valence-electron chi connectivity index (χ3n) is 5.47. The summed E-state index contributed by atoms with van der Waals surface area (Å²) in [5.74, 6) is 0.282. The summed E-state index contributed by atoms with van der Waals surface area (Å²) < 4.78 is 5.25. The van der Waals surface area contributed by atoms with Crippen molar-refractivity contribution < 1.29 is 14.3 Å². The number of hydrogen-bond acceptors (Lipinski definition) is 3. The van der Waals surface area contributed by atoms with Gasteiger partial charge in [0, 0.05) is 17.8 Å². The number of piperidine rings is 1. The fourth-order valence-electron chi connectivity index (χ4n) is 4.00. The quantitative estimate of drug-likeness (QED) is 0.668. The molecule has 0 radical (unpaired) electrons. The summed E-state index contributed by atoms with van der Waals surface area (Å²) >= 11 is 0. The number of ether oxygens (including phenoxy) is 1. The van der Waals surface area contributed by atoms with Crippen LogP contribution in [0.5, 0.6) is 5.75 Å². The van der Waals surface area contributed by atoms with Crippen LogP contribution in [0.3, 0.4) is 0 Å². The van der Waals surface area contributed by atoms with Gasteiger partial charge in [0.25, 0.3) is 0 Å². The Hall–Kier alpha value is -3.60. The predicted molar refractivity (Wildman–Crippen MR) is 117 cm³/mol. The van der Waals surface area contributed by atoms with Crippen LogP contribution in [-0.2, 0) is 9.59 Å². The smallest absolute Gasteiger partial charge is 0.229 e. The number of nitrogens with one attached hydrogen (secondary N) is 1. The first-order chi connectivity index (χ1) is 14.7. The lowest BCUT2D eigenvalue weighted by Crippen LogP contribution is -2.46. The van der Waals surface area contributed by atoms with E-state index in [2.05, 4.69) is 5.32 Å². The van der Waals surface area contributed by atoms with Crippen molar-refractivity contribution in [2.75, 3.05) is 17.3 Å². The third-order valence-corrected chi connectivity index (χ3v) is 5.47. The summed E-state index contributed by atoms with van der Waals surface area (Å²) in [4.78, 5) is 28.0. The van der Waals surface area contributed by atoms with Gasteiger partial charge in [0.05, 0.1) is 19.1 Å². The van der Waals surface area contributed by atoms with Crippen LogP contribution >= 0.6 is 0 Å². The van der Waals surface area contributed by atoms with E-state index in [9.17, 15) is 9.59 Å². The molecular formula is C25H24N2O3. The van der Waals surface area contributed by atoms with Crippen LogP contribution in [0.25, 0.3) is 0 Å². The van der Waals surface area contributed by atoms with Crippen LogP contribution in [0.2, 0.25) is 0 Å². The number of carbonyl (C=O) groups is 2. The molecule has 2 atom stereocenters. The van der Waals surface area contributed by atoms with E-state index < -0.39 is 0 Å². The Labute approximate surface area is 176 Å². The van der Waals surface area contributed by atoms with Gasteiger partial charge in [0.15, 0.2) is 0 Å². The predicted octanol–water partition coefficient (Wildman–Crippen LogP) is 4.82. The fourth-order valence-corrected chi connectivity index (χ4v) is 4.00. The van der Waals surface area contributed by atoms with Gasteiger partial charge in [-0.2, -0.15) is 0 Å². The zero-order chi connectivity index (χ0) is 20.9. The molecule has 5 nitrogen and oxygen atoms in total. The van der Waals surface area contributed by atoms with Gasteiger partial charge in [-0.1, -0.05) is 48.5 Å². The highest BCUT2D eigenvalue weighted by Gasteiger charge is 2.41. The van der Waals surface area contributed by atoms with Gasteiger partial charge in [-0.15, -0.1) is 0 Å². The Morgan fingerprint density at radius 1 is 0.933 bits per heavy atom. The molecule has 3 aromatic rings. The van der Waals surface area contributed by atoms with Crippen molar-refractivity contribution in [2.24, 2.45) is 5.92 Å². The number of para-hydroxylation sites is 1. The van der Waals surface area contributed by atoms with Crippen LogP contribution in [0, 0.1) is 5.92 Å². The van der Waals surface area contributed by atoms with Crippen molar-refractivity contribution in [3.63, 3.8) is 0 Å². The minimum atomic E-state index is -0.385. The number of nitrogens with zero attached hydrogens (tertiary/aromatic N) is 1. The average Bonchev–Trinajstić information content (AvgIpc) is 2.80. The first kappa shape index (κ1) is 19.7. The summed E-state index contributed by atoms with van der Waals surface area (Å²) in [5, 5.41) is 3.02. The zero-order valence-corrected chi connectivity index (χ0v) is 16.8. The summed E-state index contributed by atoms with van der Waals surface area (Å²) in [6.45, 7) is 0. The van der Waals surface area contributed by atoms with Crippen LogP contribution < -0.4 is 15.0 Å². The zero-order valence-electron chi connectivity index (χ0n) is 16.8. The number of anilines is 2. The first-order valence-corrected chi connectivity index (χ1v) is 10.0. The highest BCUT2D eigenvalue weighted by molar-refractivity contribution is 6.00. The Morgan fingerprint density at radius 3 is 2.20 bits per heavy atom. The van der Waals surface area contributed by atoms with Gasteiger partial charge in [-0.25, -0.2) is 0 Å². The number of benzene rings is 3. The molecule has 30 heavy (non-hydrogen) atoms. The van der Waals surface area contributed by atoms with Gasteiger partial charge in [-0.3, -0.25) is 9.59 Å². The van der Waals surface area contributed by atoms with E-state index in [0.717, 1.165) is 22.7 Å². The van der Waals surface area contributed by atoms with E-state index in [1.807, 2.05) is 84.9 Å². The van der Waals surface area contributed by atoms with Crippen molar-refractivity contribution >= 4 is 23.2 Å². The Morgan fingerprint density at radius 2 is 1.57 bits per heavy atom. The Bertz CT molecular complexity index is 1000. The molecule has 1 aliphatic rings.